The van der Waals surface area contributed by atoms with Crippen LogP contribution in [0.15, 0.2) is 140 Å². The maximum Gasteiger partial charge on any atom is 0.273 e. The Morgan fingerprint density at radius 2 is 1.39 bits per heavy atom. The molecule has 200 valence electrons. The average molecular weight is 538 g/mol. The number of anilines is 2. The van der Waals surface area contributed by atoms with Crippen LogP contribution in [0, 0.1) is 0 Å². The maximum atomic E-state index is 13.6. The Labute approximate surface area is 238 Å². The molecule has 0 aliphatic carbocycles. The van der Waals surface area contributed by atoms with Gasteiger partial charge in [-0.25, -0.2) is 5.01 Å². The lowest BCUT2D eigenvalue weighted by molar-refractivity contribution is 0.0771. The topological polar surface area (TPSA) is 70.7 Å². The minimum Gasteiger partial charge on any atom is -0.457 e. The monoisotopic (exact) mass is 537 g/mol. The molecule has 1 atom stereocenters. The van der Waals surface area contributed by atoms with Crippen LogP contribution < -0.4 is 15.5 Å². The molecule has 0 fully saturated rings. The molecule has 1 aliphatic heterocycles. The zero-order valence-electron chi connectivity index (χ0n) is 22.1. The van der Waals surface area contributed by atoms with Crippen LogP contribution in [0.1, 0.15) is 37.9 Å². The molecular weight excluding hydrogens is 510 g/mol. The summed E-state index contributed by atoms with van der Waals surface area (Å²) in [4.78, 5) is 26.3. The Kier molecular flexibility index (Phi) is 7.28. The first-order valence-electron chi connectivity index (χ1n) is 13.3. The number of carbonyl (C=O) groups is 2. The maximum absolute atomic E-state index is 13.6. The van der Waals surface area contributed by atoms with Crippen molar-refractivity contribution >= 4 is 29.3 Å². The number of amides is 2. The molecule has 0 radical (unpaired) electrons. The summed E-state index contributed by atoms with van der Waals surface area (Å²) in [5.41, 5.74) is 7.70. The van der Waals surface area contributed by atoms with Crippen molar-refractivity contribution in [2.24, 2.45) is 0 Å². The highest BCUT2D eigenvalue weighted by Gasteiger charge is 2.35. The van der Waals surface area contributed by atoms with Gasteiger partial charge in [0.1, 0.15) is 17.5 Å². The largest absolute Gasteiger partial charge is 0.457 e. The SMILES string of the molecule is O=C(Nc1cccc(Oc2cccc3c2C(C=Cc2ccccc2)N(C(=O)c2ccccc2)N3)c1)c1ccccc1. The molecule has 0 saturated carbocycles. The number of nitrogens with one attached hydrogen (secondary N) is 2. The van der Waals surface area contributed by atoms with Gasteiger partial charge in [0.15, 0.2) is 0 Å². The summed E-state index contributed by atoms with van der Waals surface area (Å²) in [5.74, 6) is 0.810. The number of fused-ring (bicyclic) bond motifs is 1. The van der Waals surface area contributed by atoms with Gasteiger partial charge in [-0.15, -0.1) is 0 Å². The molecule has 6 nitrogen and oxygen atoms in total. The Bertz CT molecular complexity index is 1700. The molecule has 5 aromatic rings. The number of hydrazine groups is 1. The van der Waals surface area contributed by atoms with Crippen LogP contribution in [-0.4, -0.2) is 16.8 Å². The molecular formula is C35H27N3O3. The van der Waals surface area contributed by atoms with E-state index in [1.807, 2.05) is 115 Å². The summed E-state index contributed by atoms with van der Waals surface area (Å²) in [6, 6.07) is 40.7. The molecule has 1 unspecified atom stereocenters. The summed E-state index contributed by atoms with van der Waals surface area (Å²) >= 11 is 0. The predicted octanol–water partition coefficient (Wildman–Crippen LogP) is 7.97. The Balaban J connectivity index is 1.31. The van der Waals surface area contributed by atoms with E-state index in [0.717, 1.165) is 16.8 Å². The minimum absolute atomic E-state index is 0.152. The van der Waals surface area contributed by atoms with Gasteiger partial charge in [-0.3, -0.25) is 15.0 Å². The number of hydrogen-bond donors (Lipinski definition) is 2. The van der Waals surface area contributed by atoms with Crippen molar-refractivity contribution in [1.29, 1.82) is 0 Å². The quantitative estimate of drug-likeness (QED) is 0.221. The molecule has 5 aromatic carbocycles. The number of rotatable bonds is 7. The molecule has 1 aliphatic rings. The van der Waals surface area contributed by atoms with Gasteiger partial charge in [0, 0.05) is 28.4 Å². The van der Waals surface area contributed by atoms with Crippen LogP contribution in [0.3, 0.4) is 0 Å². The third-order valence-corrected chi connectivity index (χ3v) is 6.75. The van der Waals surface area contributed by atoms with E-state index in [2.05, 4.69) is 10.7 Å². The fourth-order valence-corrected chi connectivity index (χ4v) is 4.77. The molecule has 2 amide bonds. The molecule has 41 heavy (non-hydrogen) atoms. The second-order valence-electron chi connectivity index (χ2n) is 9.54. The lowest BCUT2D eigenvalue weighted by Gasteiger charge is -2.23. The normalized spacial score (nSPS) is 13.9. The van der Waals surface area contributed by atoms with Gasteiger partial charge in [0.2, 0.25) is 0 Å². The first-order chi connectivity index (χ1) is 20.2. The Morgan fingerprint density at radius 3 is 2.12 bits per heavy atom. The van der Waals surface area contributed by atoms with Crippen molar-refractivity contribution in [1.82, 2.24) is 5.01 Å². The van der Waals surface area contributed by atoms with E-state index in [4.69, 9.17) is 4.74 Å². The molecule has 1 heterocycles. The van der Waals surface area contributed by atoms with Crippen LogP contribution in [-0.2, 0) is 0 Å². The third kappa shape index (κ3) is 5.72. The molecule has 6 heteroatoms. The first kappa shape index (κ1) is 25.6. The van der Waals surface area contributed by atoms with Gasteiger partial charge in [0.05, 0.1) is 5.69 Å². The predicted molar refractivity (Wildman–Crippen MR) is 162 cm³/mol. The van der Waals surface area contributed by atoms with E-state index < -0.39 is 6.04 Å². The lowest BCUT2D eigenvalue weighted by atomic mass is 10.0. The zero-order chi connectivity index (χ0) is 28.0. The summed E-state index contributed by atoms with van der Waals surface area (Å²) < 4.78 is 6.40. The number of carbonyl (C=O) groups excluding carboxylic acids is 2. The van der Waals surface area contributed by atoms with E-state index in [0.29, 0.717) is 28.3 Å². The Hall–Kier alpha value is -5.62. The van der Waals surface area contributed by atoms with E-state index >= 15 is 0 Å². The van der Waals surface area contributed by atoms with Crippen LogP contribution >= 0.6 is 0 Å². The van der Waals surface area contributed by atoms with E-state index in [9.17, 15) is 9.59 Å². The van der Waals surface area contributed by atoms with E-state index in [1.54, 1.807) is 35.3 Å². The summed E-state index contributed by atoms with van der Waals surface area (Å²) in [6.45, 7) is 0. The average Bonchev–Trinajstić information content (AvgIpc) is 3.40. The minimum atomic E-state index is -0.435. The van der Waals surface area contributed by atoms with E-state index in [1.165, 1.54) is 0 Å². The summed E-state index contributed by atoms with van der Waals surface area (Å²) in [6.07, 6.45) is 4.00. The fourth-order valence-electron chi connectivity index (χ4n) is 4.77. The van der Waals surface area contributed by atoms with Gasteiger partial charge in [0.25, 0.3) is 11.8 Å². The van der Waals surface area contributed by atoms with Gasteiger partial charge in [-0.2, -0.15) is 0 Å². The molecule has 2 N–H and O–H groups in total. The summed E-state index contributed by atoms with van der Waals surface area (Å²) in [7, 11) is 0. The van der Waals surface area contributed by atoms with Crippen molar-refractivity contribution in [3.63, 3.8) is 0 Å². The Morgan fingerprint density at radius 1 is 0.732 bits per heavy atom. The summed E-state index contributed by atoms with van der Waals surface area (Å²) in [5, 5.41) is 4.56. The highest BCUT2D eigenvalue weighted by molar-refractivity contribution is 6.04. The molecule has 0 spiro atoms. The van der Waals surface area contributed by atoms with Crippen LogP contribution in [0.2, 0.25) is 0 Å². The molecule has 0 saturated heterocycles. The fraction of sp³-hybridized carbons (Fsp3) is 0.0286. The van der Waals surface area contributed by atoms with Crippen molar-refractivity contribution in [3.8, 4) is 11.5 Å². The number of benzene rings is 5. The second-order valence-corrected chi connectivity index (χ2v) is 9.54. The van der Waals surface area contributed by atoms with Gasteiger partial charge < -0.3 is 10.1 Å². The van der Waals surface area contributed by atoms with Crippen molar-refractivity contribution in [3.05, 3.63) is 162 Å². The van der Waals surface area contributed by atoms with Gasteiger partial charge in [-0.1, -0.05) is 91.0 Å². The highest BCUT2D eigenvalue weighted by atomic mass is 16.5. The lowest BCUT2D eigenvalue weighted by Crippen LogP contribution is -2.34. The molecule has 0 aromatic heterocycles. The van der Waals surface area contributed by atoms with E-state index in [-0.39, 0.29) is 11.8 Å². The highest BCUT2D eigenvalue weighted by Crippen LogP contribution is 2.44. The number of hydrogen-bond acceptors (Lipinski definition) is 4. The van der Waals surface area contributed by atoms with Gasteiger partial charge in [-0.05, 0) is 54.1 Å². The molecule has 6 rings (SSSR count). The van der Waals surface area contributed by atoms with Gasteiger partial charge >= 0.3 is 0 Å². The van der Waals surface area contributed by atoms with Crippen LogP contribution in [0.5, 0.6) is 11.5 Å². The van der Waals surface area contributed by atoms with Crippen LogP contribution in [0.25, 0.3) is 6.08 Å². The smallest absolute Gasteiger partial charge is 0.273 e. The molecule has 0 bridgehead atoms. The second kappa shape index (κ2) is 11.6. The van der Waals surface area contributed by atoms with Crippen molar-refractivity contribution < 1.29 is 14.3 Å². The van der Waals surface area contributed by atoms with Crippen molar-refractivity contribution in [2.45, 2.75) is 6.04 Å². The zero-order valence-corrected chi connectivity index (χ0v) is 22.1. The number of nitrogens with zero attached hydrogens (tertiary/aromatic N) is 1. The third-order valence-electron chi connectivity index (χ3n) is 6.75. The van der Waals surface area contributed by atoms with Crippen molar-refractivity contribution in [2.75, 3.05) is 10.7 Å². The standard InChI is InChI=1S/C35H27N3O3/c39-34(26-14-6-2-7-15-26)36-28-18-10-19-29(24-28)41-32-21-11-20-30-33(32)31(23-22-25-12-4-1-5-13-25)38(37-30)35(40)27-16-8-3-9-17-27/h1-24,31,37H,(H,36,39). The first-order valence-corrected chi connectivity index (χ1v) is 13.3. The number of ether oxygens (including phenoxy) is 1. The van der Waals surface area contributed by atoms with Crippen LogP contribution in [0.4, 0.5) is 11.4 Å².